The molecule has 2 fully saturated rings. The summed E-state index contributed by atoms with van der Waals surface area (Å²) < 4.78 is 0. The molecule has 0 bridgehead atoms. The van der Waals surface area contributed by atoms with Gasteiger partial charge in [-0.15, -0.1) is 0 Å². The number of hydrogen-bond acceptors (Lipinski definition) is 6. The number of anilines is 4. The number of urea groups is 1. The van der Waals surface area contributed by atoms with E-state index in [4.69, 9.17) is 0 Å². The second kappa shape index (κ2) is 10.6. The molecule has 2 aliphatic rings. The van der Waals surface area contributed by atoms with Crippen molar-refractivity contribution in [3.63, 3.8) is 0 Å². The number of carbonyl (C=O) groups excluding carboxylic acids is 2. The molecule has 3 amide bonds. The van der Waals surface area contributed by atoms with Crippen LogP contribution in [0, 0.1) is 5.92 Å². The van der Waals surface area contributed by atoms with E-state index < -0.39 is 0 Å². The molecule has 2 heterocycles. The summed E-state index contributed by atoms with van der Waals surface area (Å²) in [5.41, 5.74) is 4.57. The molecule has 36 heavy (non-hydrogen) atoms. The fourth-order valence-electron chi connectivity index (χ4n) is 4.21. The van der Waals surface area contributed by atoms with E-state index in [2.05, 4.69) is 43.0 Å². The molecule has 0 atom stereocenters. The highest BCUT2D eigenvalue weighted by Crippen LogP contribution is 2.30. The molecule has 2 aromatic carbocycles. The molecule has 5 rings (SSSR count). The summed E-state index contributed by atoms with van der Waals surface area (Å²) in [6, 6.07) is 17.8. The molecule has 1 saturated heterocycles. The quantitative estimate of drug-likeness (QED) is 0.466. The van der Waals surface area contributed by atoms with E-state index in [1.807, 2.05) is 54.3 Å². The number of benzene rings is 2. The van der Waals surface area contributed by atoms with Crippen molar-refractivity contribution in [1.29, 1.82) is 0 Å². The molecule has 1 aromatic heterocycles. The number of nitrogens with zero attached hydrogens (tertiary/aromatic N) is 4. The van der Waals surface area contributed by atoms with Gasteiger partial charge in [0.1, 0.15) is 0 Å². The molecule has 1 saturated carbocycles. The molecule has 0 radical (unpaired) electrons. The van der Waals surface area contributed by atoms with Crippen LogP contribution in [0.3, 0.4) is 0 Å². The van der Waals surface area contributed by atoms with Crippen molar-refractivity contribution in [2.45, 2.75) is 19.8 Å². The smallest absolute Gasteiger partial charge is 0.317 e. The van der Waals surface area contributed by atoms with Gasteiger partial charge in [0, 0.05) is 67.5 Å². The predicted octanol–water partition coefficient (Wildman–Crippen LogP) is 4.09. The summed E-state index contributed by atoms with van der Waals surface area (Å²) in [6.07, 6.45) is 3.70. The van der Waals surface area contributed by atoms with E-state index in [0.29, 0.717) is 25.6 Å². The van der Waals surface area contributed by atoms with Gasteiger partial charge in [-0.05, 0) is 62.2 Å². The minimum absolute atomic E-state index is 0.00946. The van der Waals surface area contributed by atoms with Crippen molar-refractivity contribution in [3.8, 4) is 11.3 Å². The lowest BCUT2D eigenvalue weighted by Crippen LogP contribution is -2.51. The van der Waals surface area contributed by atoms with E-state index >= 15 is 0 Å². The van der Waals surface area contributed by atoms with Crippen LogP contribution in [0.4, 0.5) is 27.8 Å². The van der Waals surface area contributed by atoms with Crippen LogP contribution in [0.5, 0.6) is 0 Å². The highest BCUT2D eigenvalue weighted by atomic mass is 16.2. The zero-order valence-corrected chi connectivity index (χ0v) is 20.4. The predicted molar refractivity (Wildman–Crippen MR) is 141 cm³/mol. The molecule has 0 unspecified atom stereocenters. The van der Waals surface area contributed by atoms with Crippen molar-refractivity contribution < 1.29 is 9.59 Å². The minimum Gasteiger partial charge on any atom is -0.368 e. The Morgan fingerprint density at radius 1 is 0.917 bits per heavy atom. The molecule has 9 heteroatoms. The summed E-state index contributed by atoms with van der Waals surface area (Å²) in [7, 11) is 0. The molecular formula is C27H31N7O2. The molecule has 1 aliphatic carbocycles. The Balaban J connectivity index is 1.18. The van der Waals surface area contributed by atoms with Crippen LogP contribution in [0.15, 0.2) is 60.8 Å². The molecule has 0 spiro atoms. The molecular weight excluding hydrogens is 454 g/mol. The highest BCUT2D eigenvalue weighted by molar-refractivity contribution is 5.94. The van der Waals surface area contributed by atoms with Gasteiger partial charge in [-0.2, -0.15) is 0 Å². The topological polar surface area (TPSA) is 102 Å². The van der Waals surface area contributed by atoms with Gasteiger partial charge in [-0.3, -0.25) is 4.79 Å². The van der Waals surface area contributed by atoms with Crippen LogP contribution in [0.1, 0.15) is 19.8 Å². The third-order valence-corrected chi connectivity index (χ3v) is 6.44. The number of rotatable bonds is 7. The third kappa shape index (κ3) is 5.73. The van der Waals surface area contributed by atoms with Crippen LogP contribution >= 0.6 is 0 Å². The van der Waals surface area contributed by atoms with E-state index in [-0.39, 0.29) is 17.9 Å². The van der Waals surface area contributed by atoms with Crippen LogP contribution in [0.2, 0.25) is 0 Å². The van der Waals surface area contributed by atoms with Crippen molar-refractivity contribution >= 4 is 34.9 Å². The molecule has 9 nitrogen and oxygen atoms in total. The third-order valence-electron chi connectivity index (χ3n) is 6.44. The first-order valence-corrected chi connectivity index (χ1v) is 12.5. The van der Waals surface area contributed by atoms with Gasteiger partial charge in [0.05, 0.1) is 5.69 Å². The Morgan fingerprint density at radius 2 is 1.61 bits per heavy atom. The second-order valence-corrected chi connectivity index (χ2v) is 9.09. The SMILES string of the molecule is CCNC(=O)N1CCN(c2ccc(Nc3nccc(-c4ccc(NC(=O)C5CC5)cc4)n3)cc2)CC1. The van der Waals surface area contributed by atoms with Crippen LogP contribution in [-0.4, -0.2) is 59.5 Å². The van der Waals surface area contributed by atoms with Gasteiger partial charge < -0.3 is 25.8 Å². The van der Waals surface area contributed by atoms with Crippen LogP contribution in [-0.2, 0) is 4.79 Å². The summed E-state index contributed by atoms with van der Waals surface area (Å²) >= 11 is 0. The van der Waals surface area contributed by atoms with Crippen molar-refractivity contribution in [1.82, 2.24) is 20.2 Å². The monoisotopic (exact) mass is 485 g/mol. The maximum atomic E-state index is 12.0. The van der Waals surface area contributed by atoms with E-state index in [9.17, 15) is 9.59 Å². The normalized spacial score (nSPS) is 15.4. The van der Waals surface area contributed by atoms with Crippen molar-refractivity contribution in [2.75, 3.05) is 48.3 Å². The maximum absolute atomic E-state index is 12.0. The minimum atomic E-state index is 0.00946. The van der Waals surface area contributed by atoms with Crippen molar-refractivity contribution in [2.24, 2.45) is 5.92 Å². The summed E-state index contributed by atoms with van der Waals surface area (Å²) in [5.74, 6) is 0.795. The number of aromatic nitrogens is 2. The Morgan fingerprint density at radius 3 is 2.28 bits per heavy atom. The molecule has 3 aromatic rings. The first-order chi connectivity index (χ1) is 17.6. The molecule has 1 aliphatic heterocycles. The van der Waals surface area contributed by atoms with E-state index in [1.165, 1.54) is 0 Å². The standard InChI is InChI=1S/C27H31N7O2/c1-2-28-27(36)34-17-15-33(16-18-34)23-11-9-22(10-12-23)31-26-29-14-13-24(32-26)19-5-7-21(8-6-19)30-25(35)20-3-4-20/h5-14,20H,2-4,15-18H2,1H3,(H,28,36)(H,30,35)(H,29,31,32). The lowest BCUT2D eigenvalue weighted by Gasteiger charge is -2.36. The number of piperazine rings is 1. The molecule has 186 valence electrons. The van der Waals surface area contributed by atoms with E-state index in [1.54, 1.807) is 6.20 Å². The Labute approximate surface area is 210 Å². The maximum Gasteiger partial charge on any atom is 0.317 e. The van der Waals surface area contributed by atoms with E-state index in [0.717, 1.165) is 54.3 Å². The first kappa shape index (κ1) is 23.6. The average Bonchev–Trinajstić information content (AvgIpc) is 3.76. The van der Waals surface area contributed by atoms with Gasteiger partial charge in [0.2, 0.25) is 11.9 Å². The van der Waals surface area contributed by atoms with Gasteiger partial charge in [-0.25, -0.2) is 14.8 Å². The first-order valence-electron chi connectivity index (χ1n) is 12.5. The van der Waals surface area contributed by atoms with Gasteiger partial charge in [0.15, 0.2) is 0 Å². The van der Waals surface area contributed by atoms with Gasteiger partial charge in [-0.1, -0.05) is 12.1 Å². The zero-order chi connectivity index (χ0) is 24.9. The fourth-order valence-corrected chi connectivity index (χ4v) is 4.21. The lowest BCUT2D eigenvalue weighted by atomic mass is 10.1. The van der Waals surface area contributed by atoms with Crippen molar-refractivity contribution in [3.05, 3.63) is 60.8 Å². The molecule has 3 N–H and O–H groups in total. The lowest BCUT2D eigenvalue weighted by molar-refractivity contribution is -0.117. The Bertz CT molecular complexity index is 1200. The number of hydrogen-bond donors (Lipinski definition) is 3. The van der Waals surface area contributed by atoms with Crippen LogP contribution < -0.4 is 20.9 Å². The largest absolute Gasteiger partial charge is 0.368 e. The zero-order valence-electron chi connectivity index (χ0n) is 20.4. The Kier molecular flexibility index (Phi) is 6.97. The number of carbonyl (C=O) groups is 2. The fraction of sp³-hybridized carbons (Fsp3) is 0.333. The number of nitrogens with one attached hydrogen (secondary N) is 3. The van der Waals surface area contributed by atoms with Crippen LogP contribution in [0.25, 0.3) is 11.3 Å². The van der Waals surface area contributed by atoms with Gasteiger partial charge in [0.25, 0.3) is 0 Å². The Hall–Kier alpha value is -4.14. The highest BCUT2D eigenvalue weighted by Gasteiger charge is 2.29. The summed E-state index contributed by atoms with van der Waals surface area (Å²) in [5, 5.41) is 9.10. The summed E-state index contributed by atoms with van der Waals surface area (Å²) in [4.78, 5) is 37.1. The average molecular weight is 486 g/mol. The van der Waals surface area contributed by atoms with Gasteiger partial charge >= 0.3 is 6.03 Å². The summed E-state index contributed by atoms with van der Waals surface area (Å²) in [6.45, 7) is 5.60. The number of amides is 3. The second-order valence-electron chi connectivity index (χ2n) is 9.09.